The molecule has 0 unspecified atom stereocenters. The molecule has 39 heavy (non-hydrogen) atoms. The van der Waals surface area contributed by atoms with Gasteiger partial charge in [0.1, 0.15) is 17.5 Å². The van der Waals surface area contributed by atoms with E-state index in [1.165, 1.54) is 7.11 Å². The van der Waals surface area contributed by atoms with E-state index in [4.69, 9.17) is 37.4 Å². The molecule has 0 radical (unpaired) electrons. The van der Waals surface area contributed by atoms with Crippen LogP contribution in [0.4, 0.5) is 0 Å². The minimum Gasteiger partial charge on any atom is -0.497 e. The SMILES string of the molecule is COc1cccc(C(=O)N2[C@H](C(=O)NC[C@H]3CCCO3)COC23CCN(C(=O)c2ccc(Cl)c(Cl)c2)CC3)c1. The molecule has 5 rings (SSSR count). The Morgan fingerprint density at radius 3 is 2.51 bits per heavy atom. The minimum atomic E-state index is -1.03. The summed E-state index contributed by atoms with van der Waals surface area (Å²) in [7, 11) is 1.53. The van der Waals surface area contributed by atoms with Crippen LogP contribution in [0.2, 0.25) is 10.0 Å². The standard InChI is InChI=1S/C28H31Cl2N3O6/c1-37-20-5-2-4-18(14-20)27(36)33-24(25(34)31-16-21-6-3-13-38-21)17-39-28(33)9-11-32(12-10-28)26(35)19-7-8-22(29)23(30)15-19/h2,4-5,7-8,14-15,21,24H,3,6,9-13,16-17H2,1H3,(H,31,34)/t21-,24+/m1/s1. The molecule has 0 saturated carbocycles. The maximum absolute atomic E-state index is 13.9. The Bertz CT molecular complexity index is 1240. The van der Waals surface area contributed by atoms with E-state index >= 15 is 0 Å². The first kappa shape index (κ1) is 27.7. The maximum atomic E-state index is 13.9. The molecule has 0 aromatic heterocycles. The van der Waals surface area contributed by atoms with Crippen molar-refractivity contribution in [3.63, 3.8) is 0 Å². The second-order valence-electron chi connectivity index (χ2n) is 9.98. The van der Waals surface area contributed by atoms with Gasteiger partial charge in [0.05, 0.1) is 29.9 Å². The lowest BCUT2D eigenvalue weighted by Gasteiger charge is -2.44. The van der Waals surface area contributed by atoms with Crippen LogP contribution in [0.5, 0.6) is 5.75 Å². The molecule has 1 spiro atoms. The van der Waals surface area contributed by atoms with Gasteiger partial charge in [0.2, 0.25) is 5.91 Å². The number of hydrogen-bond acceptors (Lipinski definition) is 6. The average Bonchev–Trinajstić information content (AvgIpc) is 3.61. The summed E-state index contributed by atoms with van der Waals surface area (Å²) in [6.07, 6.45) is 2.54. The Hall–Kier alpha value is -2.85. The number of nitrogens with zero attached hydrogens (tertiary/aromatic N) is 2. The van der Waals surface area contributed by atoms with Gasteiger partial charge in [-0.25, -0.2) is 0 Å². The van der Waals surface area contributed by atoms with Crippen molar-refractivity contribution in [1.29, 1.82) is 0 Å². The van der Waals surface area contributed by atoms with E-state index in [1.54, 1.807) is 52.3 Å². The van der Waals surface area contributed by atoms with E-state index in [9.17, 15) is 14.4 Å². The molecule has 2 atom stereocenters. The predicted octanol–water partition coefficient (Wildman–Crippen LogP) is 3.77. The van der Waals surface area contributed by atoms with Crippen LogP contribution in [0, 0.1) is 0 Å². The normalized spacial score (nSPS) is 22.2. The second kappa shape index (κ2) is 11.7. The maximum Gasteiger partial charge on any atom is 0.257 e. The van der Waals surface area contributed by atoms with Crippen molar-refractivity contribution in [1.82, 2.24) is 15.1 Å². The molecule has 3 aliphatic heterocycles. The van der Waals surface area contributed by atoms with Gasteiger partial charge >= 0.3 is 0 Å². The Labute approximate surface area is 237 Å². The zero-order valence-electron chi connectivity index (χ0n) is 21.7. The van der Waals surface area contributed by atoms with Gasteiger partial charge in [0.15, 0.2) is 0 Å². The second-order valence-corrected chi connectivity index (χ2v) is 10.8. The van der Waals surface area contributed by atoms with Gasteiger partial charge in [-0.15, -0.1) is 0 Å². The number of halogens is 2. The first-order valence-corrected chi connectivity index (χ1v) is 13.8. The molecule has 3 amide bonds. The van der Waals surface area contributed by atoms with Crippen LogP contribution in [-0.2, 0) is 14.3 Å². The molecule has 0 aliphatic carbocycles. The van der Waals surface area contributed by atoms with E-state index in [-0.39, 0.29) is 30.4 Å². The van der Waals surface area contributed by atoms with Crippen LogP contribution in [0.25, 0.3) is 0 Å². The molecule has 2 aromatic carbocycles. The van der Waals surface area contributed by atoms with Gasteiger partial charge in [-0.2, -0.15) is 0 Å². The van der Waals surface area contributed by atoms with Crippen molar-refractivity contribution in [2.24, 2.45) is 0 Å². The molecule has 3 aliphatic rings. The van der Waals surface area contributed by atoms with Gasteiger partial charge < -0.3 is 24.4 Å². The van der Waals surface area contributed by atoms with Crippen molar-refractivity contribution < 1.29 is 28.6 Å². The Balaban J connectivity index is 1.36. The smallest absolute Gasteiger partial charge is 0.257 e. The number of ether oxygens (including phenoxy) is 3. The number of amides is 3. The summed E-state index contributed by atoms with van der Waals surface area (Å²) in [5.74, 6) is -0.254. The summed E-state index contributed by atoms with van der Waals surface area (Å²) < 4.78 is 17.2. The fraction of sp³-hybridized carbons (Fsp3) is 0.464. The number of hydrogen-bond donors (Lipinski definition) is 1. The van der Waals surface area contributed by atoms with Crippen molar-refractivity contribution >= 4 is 40.9 Å². The highest BCUT2D eigenvalue weighted by molar-refractivity contribution is 6.42. The Morgan fingerprint density at radius 1 is 1.05 bits per heavy atom. The third-order valence-corrected chi connectivity index (χ3v) is 8.36. The van der Waals surface area contributed by atoms with Gasteiger partial charge in [-0.1, -0.05) is 29.3 Å². The van der Waals surface area contributed by atoms with E-state index < -0.39 is 11.8 Å². The quantitative estimate of drug-likeness (QED) is 0.563. The predicted molar refractivity (Wildman–Crippen MR) is 145 cm³/mol. The van der Waals surface area contributed by atoms with Gasteiger partial charge in [-0.3, -0.25) is 19.3 Å². The molecule has 2 aromatic rings. The summed E-state index contributed by atoms with van der Waals surface area (Å²) in [6.45, 7) is 1.81. The fourth-order valence-electron chi connectivity index (χ4n) is 5.47. The van der Waals surface area contributed by atoms with E-state index in [1.807, 2.05) is 0 Å². The minimum absolute atomic E-state index is 0.0246. The topological polar surface area (TPSA) is 97.4 Å². The van der Waals surface area contributed by atoms with E-state index in [0.29, 0.717) is 66.0 Å². The molecule has 3 fully saturated rings. The molecule has 1 N–H and O–H groups in total. The number of piperidine rings is 1. The fourth-order valence-corrected chi connectivity index (χ4v) is 5.77. The summed E-state index contributed by atoms with van der Waals surface area (Å²) in [4.78, 5) is 43.7. The Kier molecular flexibility index (Phi) is 8.32. The number of likely N-dealkylation sites (tertiary alicyclic amines) is 1. The third-order valence-electron chi connectivity index (χ3n) is 7.63. The number of benzene rings is 2. The zero-order valence-corrected chi connectivity index (χ0v) is 23.2. The number of carbonyl (C=O) groups is 3. The van der Waals surface area contributed by atoms with Crippen LogP contribution in [0.3, 0.4) is 0 Å². The molecule has 3 heterocycles. The number of rotatable bonds is 6. The highest BCUT2D eigenvalue weighted by Gasteiger charge is 2.54. The first-order chi connectivity index (χ1) is 18.8. The van der Waals surface area contributed by atoms with Gasteiger partial charge in [0, 0.05) is 50.2 Å². The van der Waals surface area contributed by atoms with Crippen LogP contribution >= 0.6 is 23.2 Å². The molecule has 208 valence electrons. The van der Waals surface area contributed by atoms with Crippen molar-refractivity contribution in [3.8, 4) is 5.75 Å². The molecule has 0 bridgehead atoms. The lowest BCUT2D eigenvalue weighted by molar-refractivity contribution is -0.128. The van der Waals surface area contributed by atoms with Crippen molar-refractivity contribution in [2.45, 2.75) is 43.6 Å². The van der Waals surface area contributed by atoms with E-state index in [2.05, 4.69) is 5.32 Å². The van der Waals surface area contributed by atoms with Gasteiger partial charge in [-0.05, 0) is 49.2 Å². The molecule has 3 saturated heterocycles. The van der Waals surface area contributed by atoms with Crippen LogP contribution < -0.4 is 10.1 Å². The highest BCUT2D eigenvalue weighted by atomic mass is 35.5. The largest absolute Gasteiger partial charge is 0.497 e. The number of methoxy groups -OCH3 is 1. The van der Waals surface area contributed by atoms with E-state index in [0.717, 1.165) is 12.8 Å². The molecule has 11 heteroatoms. The molecular formula is C28H31Cl2N3O6. The lowest BCUT2D eigenvalue weighted by Crippen LogP contribution is -2.60. The molecular weight excluding hydrogens is 545 g/mol. The third kappa shape index (κ3) is 5.72. The summed E-state index contributed by atoms with van der Waals surface area (Å²) in [5.41, 5.74) is -0.200. The van der Waals surface area contributed by atoms with Crippen molar-refractivity contribution in [2.75, 3.05) is 40.0 Å². The Morgan fingerprint density at radius 2 is 1.82 bits per heavy atom. The number of nitrogens with one attached hydrogen (secondary N) is 1. The number of carbonyl (C=O) groups excluding carboxylic acids is 3. The highest BCUT2D eigenvalue weighted by Crippen LogP contribution is 2.39. The van der Waals surface area contributed by atoms with Crippen LogP contribution in [-0.4, -0.2) is 85.3 Å². The average molecular weight is 576 g/mol. The summed E-state index contributed by atoms with van der Waals surface area (Å²) >= 11 is 12.1. The lowest BCUT2D eigenvalue weighted by atomic mass is 9.96. The van der Waals surface area contributed by atoms with Gasteiger partial charge in [0.25, 0.3) is 11.8 Å². The van der Waals surface area contributed by atoms with Crippen LogP contribution in [0.1, 0.15) is 46.4 Å². The van der Waals surface area contributed by atoms with Crippen LogP contribution in [0.15, 0.2) is 42.5 Å². The summed E-state index contributed by atoms with van der Waals surface area (Å²) in [6, 6.07) is 10.8. The first-order valence-electron chi connectivity index (χ1n) is 13.1. The zero-order chi connectivity index (χ0) is 27.6. The monoisotopic (exact) mass is 575 g/mol. The summed E-state index contributed by atoms with van der Waals surface area (Å²) in [5, 5.41) is 3.64. The molecule has 9 nitrogen and oxygen atoms in total. The van der Waals surface area contributed by atoms with Crippen molar-refractivity contribution in [3.05, 3.63) is 63.6 Å².